The molecule has 0 unspecified atom stereocenters. The van der Waals surface area contributed by atoms with Crippen LogP contribution in [-0.4, -0.2) is 42.1 Å². The van der Waals surface area contributed by atoms with Gasteiger partial charge in [-0.05, 0) is 63.8 Å². The minimum atomic E-state index is -0.471. The molecule has 24 heavy (non-hydrogen) atoms. The van der Waals surface area contributed by atoms with Gasteiger partial charge in [0.1, 0.15) is 5.60 Å². The number of likely N-dealkylation sites (tertiary alicyclic amines) is 1. The van der Waals surface area contributed by atoms with Crippen molar-refractivity contribution in [2.75, 3.05) is 25.4 Å². The van der Waals surface area contributed by atoms with E-state index >= 15 is 0 Å². The number of hydrogen-bond acceptors (Lipinski definition) is 4. The van der Waals surface area contributed by atoms with Crippen LogP contribution in [0.5, 0.6) is 0 Å². The Labute approximate surface area is 143 Å². The van der Waals surface area contributed by atoms with Crippen LogP contribution in [0.4, 0.5) is 10.5 Å². The number of hydrogen-bond donors (Lipinski definition) is 2. The van der Waals surface area contributed by atoms with Crippen LogP contribution >= 0.6 is 0 Å². The number of anilines is 1. The first-order valence-electron chi connectivity index (χ1n) is 8.36. The van der Waals surface area contributed by atoms with E-state index in [1.807, 2.05) is 20.8 Å². The van der Waals surface area contributed by atoms with Gasteiger partial charge in [-0.2, -0.15) is 0 Å². The fourth-order valence-electron chi connectivity index (χ4n) is 2.62. The number of amides is 2. The summed E-state index contributed by atoms with van der Waals surface area (Å²) in [5.41, 5.74) is 6.39. The average molecular weight is 333 g/mol. The number of carbonyl (C=O) groups excluding carboxylic acids is 2. The molecule has 0 radical (unpaired) electrons. The van der Waals surface area contributed by atoms with Gasteiger partial charge in [0.15, 0.2) is 0 Å². The molecule has 3 N–H and O–H groups in total. The standard InChI is InChI=1S/C18H27N3O3/c1-18(2,3)24-17(23)21-10-8-13(9-11-21)12-20-16(22)14-4-6-15(19)7-5-14/h4-7,13H,8-12,19H2,1-3H3,(H,20,22). The Kier molecular flexibility index (Phi) is 5.70. The molecule has 6 nitrogen and oxygen atoms in total. The molecule has 132 valence electrons. The summed E-state index contributed by atoms with van der Waals surface area (Å²) >= 11 is 0. The lowest BCUT2D eigenvalue weighted by Crippen LogP contribution is -2.43. The van der Waals surface area contributed by atoms with Gasteiger partial charge >= 0.3 is 6.09 Å². The average Bonchev–Trinajstić information content (AvgIpc) is 2.52. The number of nitrogens with zero attached hydrogens (tertiary/aromatic N) is 1. The molecule has 0 saturated carbocycles. The van der Waals surface area contributed by atoms with Gasteiger partial charge in [0.2, 0.25) is 0 Å². The SMILES string of the molecule is CC(C)(C)OC(=O)N1CCC(CNC(=O)c2ccc(N)cc2)CC1. The zero-order valence-corrected chi connectivity index (χ0v) is 14.7. The van der Waals surface area contributed by atoms with Gasteiger partial charge in [0, 0.05) is 30.9 Å². The lowest BCUT2D eigenvalue weighted by Gasteiger charge is -2.33. The lowest BCUT2D eigenvalue weighted by molar-refractivity contribution is 0.0183. The van der Waals surface area contributed by atoms with Gasteiger partial charge < -0.3 is 20.7 Å². The number of ether oxygens (including phenoxy) is 1. The molecule has 1 aromatic carbocycles. The Balaban J connectivity index is 1.74. The minimum Gasteiger partial charge on any atom is -0.444 e. The first kappa shape index (κ1) is 18.1. The number of nitrogens with two attached hydrogens (primary N) is 1. The molecule has 1 heterocycles. The van der Waals surface area contributed by atoms with Crippen LogP contribution in [0, 0.1) is 5.92 Å². The van der Waals surface area contributed by atoms with E-state index in [1.165, 1.54) is 0 Å². The Bertz CT molecular complexity index is 570. The fraction of sp³-hybridized carbons (Fsp3) is 0.556. The molecular weight excluding hydrogens is 306 g/mol. The topological polar surface area (TPSA) is 84.7 Å². The van der Waals surface area contributed by atoms with E-state index < -0.39 is 5.60 Å². The Morgan fingerprint density at radius 2 is 1.79 bits per heavy atom. The maximum Gasteiger partial charge on any atom is 0.410 e. The highest BCUT2D eigenvalue weighted by Crippen LogP contribution is 2.19. The van der Waals surface area contributed by atoms with Crippen LogP contribution in [-0.2, 0) is 4.74 Å². The van der Waals surface area contributed by atoms with Crippen LogP contribution < -0.4 is 11.1 Å². The molecule has 1 saturated heterocycles. The summed E-state index contributed by atoms with van der Waals surface area (Å²) in [4.78, 5) is 25.9. The van der Waals surface area contributed by atoms with Gasteiger partial charge in [0.25, 0.3) is 5.91 Å². The highest BCUT2D eigenvalue weighted by Gasteiger charge is 2.26. The van der Waals surface area contributed by atoms with Gasteiger partial charge in [-0.15, -0.1) is 0 Å². The second-order valence-corrected chi connectivity index (χ2v) is 7.24. The van der Waals surface area contributed by atoms with Crippen LogP contribution in [0.15, 0.2) is 24.3 Å². The van der Waals surface area contributed by atoms with Crippen LogP contribution in [0.1, 0.15) is 44.0 Å². The van der Waals surface area contributed by atoms with Gasteiger partial charge in [0.05, 0.1) is 0 Å². The molecule has 1 fully saturated rings. The third-order valence-corrected chi connectivity index (χ3v) is 3.99. The second-order valence-electron chi connectivity index (χ2n) is 7.24. The van der Waals surface area contributed by atoms with Crippen molar-refractivity contribution in [2.45, 2.75) is 39.2 Å². The first-order valence-corrected chi connectivity index (χ1v) is 8.36. The molecule has 2 amide bonds. The van der Waals surface area contributed by atoms with Crippen LogP contribution in [0.25, 0.3) is 0 Å². The van der Waals surface area contributed by atoms with Crippen molar-refractivity contribution in [2.24, 2.45) is 5.92 Å². The number of benzene rings is 1. The molecule has 0 atom stereocenters. The second kappa shape index (κ2) is 7.55. The number of carbonyl (C=O) groups is 2. The van der Waals surface area contributed by atoms with Crippen molar-refractivity contribution >= 4 is 17.7 Å². The van der Waals surface area contributed by atoms with Crippen molar-refractivity contribution in [3.05, 3.63) is 29.8 Å². The van der Waals surface area contributed by atoms with Gasteiger partial charge in [-0.1, -0.05) is 0 Å². The largest absolute Gasteiger partial charge is 0.444 e. The smallest absolute Gasteiger partial charge is 0.410 e. The van der Waals surface area contributed by atoms with E-state index in [0.717, 1.165) is 12.8 Å². The highest BCUT2D eigenvalue weighted by molar-refractivity contribution is 5.94. The molecule has 0 bridgehead atoms. The Morgan fingerprint density at radius 1 is 1.21 bits per heavy atom. The summed E-state index contributed by atoms with van der Waals surface area (Å²) in [7, 11) is 0. The molecule has 1 aromatic rings. The van der Waals surface area contributed by atoms with Gasteiger partial charge in [-0.3, -0.25) is 4.79 Å². The molecule has 1 aliphatic rings. The predicted octanol–water partition coefficient (Wildman–Crippen LogP) is 2.65. The van der Waals surface area contributed by atoms with E-state index in [0.29, 0.717) is 36.8 Å². The van der Waals surface area contributed by atoms with E-state index in [-0.39, 0.29) is 12.0 Å². The number of rotatable bonds is 3. The maximum absolute atomic E-state index is 12.1. The van der Waals surface area contributed by atoms with Crippen molar-refractivity contribution < 1.29 is 14.3 Å². The molecule has 2 rings (SSSR count). The highest BCUT2D eigenvalue weighted by atomic mass is 16.6. The fourth-order valence-corrected chi connectivity index (χ4v) is 2.62. The quantitative estimate of drug-likeness (QED) is 0.833. The van der Waals surface area contributed by atoms with Gasteiger partial charge in [-0.25, -0.2) is 4.79 Å². The van der Waals surface area contributed by atoms with Crippen molar-refractivity contribution in [1.29, 1.82) is 0 Å². The van der Waals surface area contributed by atoms with Crippen LogP contribution in [0.2, 0.25) is 0 Å². The summed E-state index contributed by atoms with van der Waals surface area (Å²) in [6, 6.07) is 6.87. The monoisotopic (exact) mass is 333 g/mol. The van der Waals surface area contributed by atoms with E-state index in [2.05, 4.69) is 5.32 Å². The summed E-state index contributed by atoms with van der Waals surface area (Å²) < 4.78 is 5.39. The molecule has 0 aliphatic carbocycles. The van der Waals surface area contributed by atoms with Crippen molar-refractivity contribution in [3.8, 4) is 0 Å². The molecular formula is C18H27N3O3. The maximum atomic E-state index is 12.1. The molecule has 1 aliphatic heterocycles. The molecule has 6 heteroatoms. The summed E-state index contributed by atoms with van der Waals surface area (Å²) in [5, 5.41) is 2.96. The molecule has 0 aromatic heterocycles. The third kappa shape index (κ3) is 5.44. The van der Waals surface area contributed by atoms with E-state index in [1.54, 1.807) is 29.2 Å². The molecule has 0 spiro atoms. The van der Waals surface area contributed by atoms with Crippen molar-refractivity contribution in [1.82, 2.24) is 10.2 Å². The zero-order chi connectivity index (χ0) is 17.7. The number of piperidine rings is 1. The normalized spacial score (nSPS) is 15.9. The predicted molar refractivity (Wildman–Crippen MR) is 93.7 cm³/mol. The number of nitrogen functional groups attached to an aromatic ring is 1. The summed E-state index contributed by atoms with van der Waals surface area (Å²) in [6.07, 6.45) is 1.47. The summed E-state index contributed by atoms with van der Waals surface area (Å²) in [6.45, 7) is 7.54. The van der Waals surface area contributed by atoms with Crippen molar-refractivity contribution in [3.63, 3.8) is 0 Å². The lowest BCUT2D eigenvalue weighted by atomic mass is 9.97. The Hall–Kier alpha value is -2.24. The third-order valence-electron chi connectivity index (χ3n) is 3.99. The summed E-state index contributed by atoms with van der Waals surface area (Å²) in [5.74, 6) is 0.283. The van der Waals surface area contributed by atoms with E-state index in [4.69, 9.17) is 10.5 Å². The van der Waals surface area contributed by atoms with E-state index in [9.17, 15) is 9.59 Å². The Morgan fingerprint density at radius 3 is 2.33 bits per heavy atom. The van der Waals surface area contributed by atoms with Crippen LogP contribution in [0.3, 0.4) is 0 Å². The zero-order valence-electron chi connectivity index (χ0n) is 14.7. The first-order chi connectivity index (χ1) is 11.2. The number of nitrogens with one attached hydrogen (secondary N) is 1. The minimum absolute atomic E-state index is 0.0930.